The Bertz CT molecular complexity index is 1140. The minimum Gasteiger partial charge on any atom is -0.491 e. The highest BCUT2D eigenvalue weighted by Gasteiger charge is 2.34. The fourth-order valence-electron chi connectivity index (χ4n) is 3.47. The summed E-state index contributed by atoms with van der Waals surface area (Å²) in [6.45, 7) is 0.688. The Hall–Kier alpha value is -3.14. The zero-order valence-electron chi connectivity index (χ0n) is 16.0. The molecule has 30 heavy (non-hydrogen) atoms. The highest BCUT2D eigenvalue weighted by atomic mass is 35.5. The van der Waals surface area contributed by atoms with Crippen LogP contribution in [0.1, 0.15) is 18.4 Å². The predicted octanol–water partition coefficient (Wildman–Crippen LogP) is 4.69. The Labute approximate surface area is 178 Å². The van der Waals surface area contributed by atoms with Crippen molar-refractivity contribution in [3.63, 3.8) is 0 Å². The number of fused-ring (bicyclic) bond motifs is 1. The minimum absolute atomic E-state index is 0.0162. The van der Waals surface area contributed by atoms with Gasteiger partial charge in [-0.25, -0.2) is 4.98 Å². The number of carboxylic acids is 1. The Morgan fingerprint density at radius 2 is 2.03 bits per heavy atom. The van der Waals surface area contributed by atoms with Crippen molar-refractivity contribution < 1.29 is 19.4 Å². The molecule has 3 aromatic rings. The van der Waals surface area contributed by atoms with Crippen molar-refractivity contribution in [2.24, 2.45) is 5.92 Å². The molecule has 0 atom stereocenters. The summed E-state index contributed by atoms with van der Waals surface area (Å²) in [5, 5.41) is 20.0. The third-order valence-corrected chi connectivity index (χ3v) is 5.51. The van der Waals surface area contributed by atoms with Gasteiger partial charge in [0.1, 0.15) is 12.4 Å². The first-order chi connectivity index (χ1) is 14.5. The maximum Gasteiger partial charge on any atom is 0.306 e. The van der Waals surface area contributed by atoms with Crippen molar-refractivity contribution in [2.75, 3.05) is 13.2 Å². The van der Waals surface area contributed by atoms with Crippen LogP contribution in [0, 0.1) is 17.2 Å². The van der Waals surface area contributed by atoms with Gasteiger partial charge in [0.05, 0.1) is 46.5 Å². The molecule has 152 valence electrons. The topological polar surface area (TPSA) is 92.4 Å². The first-order valence-corrected chi connectivity index (χ1v) is 10.00. The number of nitriles is 1. The van der Waals surface area contributed by atoms with E-state index >= 15 is 0 Å². The summed E-state index contributed by atoms with van der Waals surface area (Å²) < 4.78 is 11.3. The number of nitrogens with zero attached hydrogens (tertiary/aromatic N) is 2. The molecule has 1 N–H and O–H groups in total. The summed E-state index contributed by atoms with van der Waals surface area (Å²) in [6.07, 6.45) is 1.08. The van der Waals surface area contributed by atoms with Gasteiger partial charge in [0.15, 0.2) is 0 Å². The highest BCUT2D eigenvalue weighted by molar-refractivity contribution is 6.35. The summed E-state index contributed by atoms with van der Waals surface area (Å²) in [4.78, 5) is 15.4. The number of aliphatic carboxylic acids is 1. The van der Waals surface area contributed by atoms with Crippen molar-refractivity contribution in [2.45, 2.75) is 18.9 Å². The molecule has 2 aromatic carbocycles. The Kier molecular flexibility index (Phi) is 5.84. The molecule has 7 heteroatoms. The standard InChI is InChI=1S/C23H19ClN2O4/c24-20-3-1-2-14-4-7-21(26-22(14)20)19-6-5-17(12-16(19)13-25)29-8-9-30-18-10-15(11-18)23(27)28/h1-7,12,15,18H,8-11H2,(H,27,28)/t15-,18+. The molecule has 0 unspecified atom stereocenters. The van der Waals surface area contributed by atoms with E-state index in [0.29, 0.717) is 59.2 Å². The van der Waals surface area contributed by atoms with Crippen molar-refractivity contribution in [3.05, 3.63) is 59.1 Å². The number of para-hydroxylation sites is 1. The van der Waals surface area contributed by atoms with Crippen LogP contribution < -0.4 is 4.74 Å². The monoisotopic (exact) mass is 422 g/mol. The first-order valence-electron chi connectivity index (χ1n) is 9.62. The molecule has 1 fully saturated rings. The van der Waals surface area contributed by atoms with Crippen molar-refractivity contribution in [3.8, 4) is 23.1 Å². The largest absolute Gasteiger partial charge is 0.491 e. The Morgan fingerprint density at radius 3 is 2.80 bits per heavy atom. The molecule has 1 aromatic heterocycles. The second kappa shape index (κ2) is 8.70. The van der Waals surface area contributed by atoms with Crippen LogP contribution in [0.2, 0.25) is 5.02 Å². The number of carboxylic acid groups (broad SMARTS) is 1. The predicted molar refractivity (Wildman–Crippen MR) is 112 cm³/mol. The normalized spacial score (nSPS) is 17.9. The van der Waals surface area contributed by atoms with Gasteiger partial charge in [-0.3, -0.25) is 4.79 Å². The lowest BCUT2D eigenvalue weighted by atomic mass is 9.82. The van der Waals surface area contributed by atoms with Crippen LogP contribution in [0.5, 0.6) is 5.75 Å². The molecule has 6 nitrogen and oxygen atoms in total. The van der Waals surface area contributed by atoms with E-state index in [-0.39, 0.29) is 12.0 Å². The third-order valence-electron chi connectivity index (χ3n) is 5.21. The Morgan fingerprint density at radius 1 is 1.20 bits per heavy atom. The Balaban J connectivity index is 1.40. The maximum absolute atomic E-state index is 10.8. The number of pyridine rings is 1. The van der Waals surface area contributed by atoms with Crippen LogP contribution in [0.15, 0.2) is 48.5 Å². The van der Waals surface area contributed by atoms with Crippen LogP contribution in [0.3, 0.4) is 0 Å². The van der Waals surface area contributed by atoms with Crippen molar-refractivity contribution in [1.82, 2.24) is 4.98 Å². The van der Waals surface area contributed by atoms with Gasteiger partial charge >= 0.3 is 5.97 Å². The molecule has 1 aliphatic rings. The molecule has 0 spiro atoms. The number of ether oxygens (including phenoxy) is 2. The van der Waals surface area contributed by atoms with E-state index in [4.69, 9.17) is 26.2 Å². The lowest BCUT2D eigenvalue weighted by Crippen LogP contribution is -2.36. The van der Waals surface area contributed by atoms with E-state index < -0.39 is 5.97 Å². The average Bonchev–Trinajstić information content (AvgIpc) is 2.72. The molecular formula is C23H19ClN2O4. The number of hydrogen-bond acceptors (Lipinski definition) is 5. The van der Waals surface area contributed by atoms with E-state index in [1.165, 1.54) is 0 Å². The van der Waals surface area contributed by atoms with Crippen LogP contribution in [-0.4, -0.2) is 35.4 Å². The lowest BCUT2D eigenvalue weighted by Gasteiger charge is -2.31. The number of benzene rings is 2. The number of rotatable bonds is 7. The van der Waals surface area contributed by atoms with Crippen molar-refractivity contribution >= 4 is 28.5 Å². The molecule has 0 saturated heterocycles. The number of halogens is 1. The van der Waals surface area contributed by atoms with E-state index in [0.717, 1.165) is 5.39 Å². The SMILES string of the molecule is N#Cc1cc(OCCO[C@H]2C[C@@H](C(=O)O)C2)ccc1-c1ccc2cccc(Cl)c2n1. The van der Waals surface area contributed by atoms with Gasteiger partial charge in [0.2, 0.25) is 0 Å². The van der Waals surface area contributed by atoms with E-state index in [1.807, 2.05) is 30.3 Å². The molecule has 0 amide bonds. The van der Waals surface area contributed by atoms with Crippen LogP contribution >= 0.6 is 11.6 Å². The fraction of sp³-hybridized carbons (Fsp3) is 0.261. The smallest absolute Gasteiger partial charge is 0.306 e. The van der Waals surface area contributed by atoms with Crippen molar-refractivity contribution in [1.29, 1.82) is 5.26 Å². The summed E-state index contributed by atoms with van der Waals surface area (Å²) in [5.41, 5.74) is 2.52. The second-order valence-corrected chi connectivity index (χ2v) is 7.58. The second-order valence-electron chi connectivity index (χ2n) is 7.18. The maximum atomic E-state index is 10.8. The van der Waals surface area contributed by atoms with Gasteiger partial charge in [-0.05, 0) is 43.2 Å². The lowest BCUT2D eigenvalue weighted by molar-refractivity contribution is -0.151. The highest BCUT2D eigenvalue weighted by Crippen LogP contribution is 2.31. The molecular weight excluding hydrogens is 404 g/mol. The fourth-order valence-corrected chi connectivity index (χ4v) is 3.69. The molecule has 0 bridgehead atoms. The minimum atomic E-state index is -0.765. The molecule has 1 saturated carbocycles. The average molecular weight is 423 g/mol. The molecule has 1 aliphatic carbocycles. The first kappa shape index (κ1) is 20.1. The van der Waals surface area contributed by atoms with Gasteiger partial charge in [0, 0.05) is 10.9 Å². The van der Waals surface area contributed by atoms with Crippen LogP contribution in [-0.2, 0) is 9.53 Å². The number of hydrogen-bond donors (Lipinski definition) is 1. The molecule has 1 heterocycles. The zero-order valence-corrected chi connectivity index (χ0v) is 16.8. The quantitative estimate of drug-likeness (QED) is 0.555. The van der Waals surface area contributed by atoms with Gasteiger partial charge in [-0.2, -0.15) is 5.26 Å². The van der Waals surface area contributed by atoms with Gasteiger partial charge in [-0.1, -0.05) is 29.8 Å². The van der Waals surface area contributed by atoms with Gasteiger partial charge in [-0.15, -0.1) is 0 Å². The number of aromatic nitrogens is 1. The van der Waals surface area contributed by atoms with E-state index in [2.05, 4.69) is 11.1 Å². The zero-order chi connectivity index (χ0) is 21.1. The van der Waals surface area contributed by atoms with Gasteiger partial charge < -0.3 is 14.6 Å². The van der Waals surface area contributed by atoms with E-state index in [9.17, 15) is 10.1 Å². The summed E-state index contributed by atoms with van der Waals surface area (Å²) in [6, 6.07) is 16.9. The van der Waals surface area contributed by atoms with Crippen LogP contribution in [0.4, 0.5) is 0 Å². The third kappa shape index (κ3) is 4.23. The molecule has 0 aliphatic heterocycles. The number of carbonyl (C=O) groups is 1. The van der Waals surface area contributed by atoms with E-state index in [1.54, 1.807) is 18.2 Å². The molecule has 4 rings (SSSR count). The summed E-state index contributed by atoms with van der Waals surface area (Å²) in [7, 11) is 0. The summed E-state index contributed by atoms with van der Waals surface area (Å²) >= 11 is 6.26. The molecule has 0 radical (unpaired) electrons. The van der Waals surface area contributed by atoms with Gasteiger partial charge in [0.25, 0.3) is 0 Å². The summed E-state index contributed by atoms with van der Waals surface area (Å²) in [5.74, 6) is -0.492. The van der Waals surface area contributed by atoms with Crippen LogP contribution in [0.25, 0.3) is 22.2 Å².